The van der Waals surface area contributed by atoms with Crippen LogP contribution in [0.5, 0.6) is 0 Å². The number of hydrogen-bond donors (Lipinski definition) is 2. The lowest BCUT2D eigenvalue weighted by Crippen LogP contribution is -2.33. The molecule has 0 aliphatic heterocycles. The zero-order valence-corrected chi connectivity index (χ0v) is 14.5. The Morgan fingerprint density at radius 3 is 2.52 bits per heavy atom. The smallest absolute Gasteiger partial charge is 0.251 e. The van der Waals surface area contributed by atoms with Gasteiger partial charge in [0.2, 0.25) is 5.91 Å². The van der Waals surface area contributed by atoms with E-state index in [1.54, 1.807) is 12.1 Å². The number of hydrogen-bond acceptors (Lipinski definition) is 4. The molecule has 6 heteroatoms. The number of aromatic nitrogens is 1. The Morgan fingerprint density at radius 2 is 1.76 bits per heavy atom. The Kier molecular flexibility index (Phi) is 5.20. The van der Waals surface area contributed by atoms with Crippen LogP contribution in [0.4, 0.5) is 5.13 Å². The first-order valence-electron chi connectivity index (χ1n) is 7.78. The summed E-state index contributed by atoms with van der Waals surface area (Å²) in [7, 11) is 0. The third kappa shape index (κ3) is 4.30. The Labute approximate surface area is 149 Å². The van der Waals surface area contributed by atoms with Gasteiger partial charge in [-0.1, -0.05) is 48.5 Å². The molecule has 0 aliphatic rings. The van der Waals surface area contributed by atoms with Gasteiger partial charge in [0.25, 0.3) is 5.91 Å². The van der Waals surface area contributed by atoms with Gasteiger partial charge in [0.05, 0.1) is 12.2 Å². The molecule has 0 atom stereocenters. The quantitative estimate of drug-likeness (QED) is 0.739. The molecule has 0 fully saturated rings. The number of nitrogens with one attached hydrogen (secondary N) is 2. The molecule has 0 bridgehead atoms. The molecule has 0 saturated heterocycles. The van der Waals surface area contributed by atoms with Crippen molar-refractivity contribution in [2.24, 2.45) is 0 Å². The zero-order valence-electron chi connectivity index (χ0n) is 13.7. The molecule has 0 spiro atoms. The molecule has 126 valence electrons. The predicted octanol–water partition coefficient (Wildman–Crippen LogP) is 3.49. The van der Waals surface area contributed by atoms with Crippen LogP contribution in [0.25, 0.3) is 11.3 Å². The van der Waals surface area contributed by atoms with Crippen LogP contribution in [0.3, 0.4) is 0 Å². The summed E-state index contributed by atoms with van der Waals surface area (Å²) in [6, 6.07) is 17.0. The number of aryl methyl sites for hydroxylation is 1. The maximum atomic E-state index is 12.1. The van der Waals surface area contributed by atoms with Gasteiger partial charge in [-0.15, -0.1) is 11.3 Å². The number of benzene rings is 2. The van der Waals surface area contributed by atoms with Gasteiger partial charge in [0.1, 0.15) is 0 Å². The van der Waals surface area contributed by atoms with E-state index in [0.29, 0.717) is 10.7 Å². The van der Waals surface area contributed by atoms with Crippen molar-refractivity contribution < 1.29 is 9.59 Å². The molecule has 1 aromatic heterocycles. The minimum Gasteiger partial charge on any atom is -0.343 e. The normalized spacial score (nSPS) is 10.3. The Hall–Kier alpha value is -2.99. The number of nitrogens with zero attached hydrogens (tertiary/aromatic N) is 1. The fraction of sp³-hybridized carbons (Fsp3) is 0.105. The third-order valence-electron chi connectivity index (χ3n) is 3.62. The lowest BCUT2D eigenvalue weighted by atomic mass is 10.1. The van der Waals surface area contributed by atoms with Crippen LogP contribution >= 0.6 is 11.3 Å². The molecule has 5 nitrogen and oxygen atoms in total. The molecule has 2 amide bonds. The van der Waals surface area contributed by atoms with E-state index in [0.717, 1.165) is 16.8 Å². The highest BCUT2D eigenvalue weighted by Crippen LogP contribution is 2.24. The third-order valence-corrected chi connectivity index (χ3v) is 4.38. The number of thiazole rings is 1. The molecule has 0 unspecified atom stereocenters. The van der Waals surface area contributed by atoms with Crippen LogP contribution in [0, 0.1) is 6.92 Å². The second kappa shape index (κ2) is 7.72. The first kappa shape index (κ1) is 16.9. The lowest BCUT2D eigenvalue weighted by molar-refractivity contribution is -0.115. The average Bonchev–Trinajstić information content (AvgIpc) is 3.09. The van der Waals surface area contributed by atoms with E-state index in [1.807, 2.05) is 54.8 Å². The number of carbonyl (C=O) groups excluding carboxylic acids is 2. The lowest BCUT2D eigenvalue weighted by Gasteiger charge is -2.07. The number of anilines is 1. The maximum absolute atomic E-state index is 12.1. The topological polar surface area (TPSA) is 71.1 Å². The van der Waals surface area contributed by atoms with Crippen LogP contribution in [0.15, 0.2) is 60.0 Å². The summed E-state index contributed by atoms with van der Waals surface area (Å²) in [5.41, 5.74) is 3.24. The van der Waals surface area contributed by atoms with Gasteiger partial charge in [-0.05, 0) is 18.6 Å². The summed E-state index contributed by atoms with van der Waals surface area (Å²) in [6.07, 6.45) is 0. The average molecular weight is 351 g/mol. The Balaban J connectivity index is 1.56. The van der Waals surface area contributed by atoms with E-state index in [1.165, 1.54) is 11.3 Å². The fourth-order valence-electron chi connectivity index (χ4n) is 2.32. The Bertz CT molecular complexity index is 890. The van der Waals surface area contributed by atoms with Gasteiger partial charge >= 0.3 is 0 Å². The standard InChI is InChI=1S/C19H17N3O2S/c1-13-7-5-6-10-15(13)18(24)20-11-17(23)22-19-21-16(12-25-19)14-8-3-2-4-9-14/h2-10,12H,11H2,1H3,(H,20,24)(H,21,22,23). The van der Waals surface area contributed by atoms with Crippen molar-refractivity contribution in [1.29, 1.82) is 0 Å². The van der Waals surface area contributed by atoms with Crippen LogP contribution in [-0.2, 0) is 4.79 Å². The SMILES string of the molecule is Cc1ccccc1C(=O)NCC(=O)Nc1nc(-c2ccccc2)cs1. The predicted molar refractivity (Wildman–Crippen MR) is 99.7 cm³/mol. The molecular weight excluding hydrogens is 334 g/mol. The summed E-state index contributed by atoms with van der Waals surface area (Å²) < 4.78 is 0. The van der Waals surface area contributed by atoms with Crippen LogP contribution < -0.4 is 10.6 Å². The molecule has 0 saturated carbocycles. The van der Waals surface area contributed by atoms with Gasteiger partial charge in [-0.25, -0.2) is 4.98 Å². The van der Waals surface area contributed by atoms with Gasteiger partial charge < -0.3 is 10.6 Å². The summed E-state index contributed by atoms with van der Waals surface area (Å²) in [4.78, 5) is 28.5. The second-order valence-corrected chi connectivity index (χ2v) is 6.31. The molecule has 2 aromatic carbocycles. The van der Waals surface area contributed by atoms with Crippen molar-refractivity contribution in [3.63, 3.8) is 0 Å². The fourth-order valence-corrected chi connectivity index (χ4v) is 3.06. The highest BCUT2D eigenvalue weighted by atomic mass is 32.1. The van der Waals surface area contributed by atoms with Crippen LogP contribution in [-0.4, -0.2) is 23.3 Å². The van der Waals surface area contributed by atoms with E-state index >= 15 is 0 Å². The number of rotatable bonds is 5. The maximum Gasteiger partial charge on any atom is 0.251 e. The van der Waals surface area contributed by atoms with E-state index in [-0.39, 0.29) is 18.4 Å². The van der Waals surface area contributed by atoms with Crippen molar-refractivity contribution in [3.8, 4) is 11.3 Å². The first-order chi connectivity index (χ1) is 12.1. The van der Waals surface area contributed by atoms with Gasteiger partial charge in [0.15, 0.2) is 5.13 Å². The minimum atomic E-state index is -0.309. The first-order valence-corrected chi connectivity index (χ1v) is 8.66. The highest BCUT2D eigenvalue weighted by Gasteiger charge is 2.11. The highest BCUT2D eigenvalue weighted by molar-refractivity contribution is 7.14. The van der Waals surface area contributed by atoms with E-state index in [9.17, 15) is 9.59 Å². The van der Waals surface area contributed by atoms with E-state index in [4.69, 9.17) is 0 Å². The van der Waals surface area contributed by atoms with Crippen molar-refractivity contribution in [1.82, 2.24) is 10.3 Å². The molecular formula is C19H17N3O2S. The zero-order chi connectivity index (χ0) is 17.6. The van der Waals surface area contributed by atoms with Crippen molar-refractivity contribution in [2.75, 3.05) is 11.9 Å². The summed E-state index contributed by atoms with van der Waals surface area (Å²) in [5.74, 6) is -0.576. The molecule has 0 radical (unpaired) electrons. The summed E-state index contributed by atoms with van der Waals surface area (Å²) in [6.45, 7) is 1.75. The second-order valence-electron chi connectivity index (χ2n) is 5.45. The van der Waals surface area contributed by atoms with Crippen LogP contribution in [0.2, 0.25) is 0 Å². The Morgan fingerprint density at radius 1 is 1.04 bits per heavy atom. The van der Waals surface area contributed by atoms with Crippen molar-refractivity contribution in [2.45, 2.75) is 6.92 Å². The van der Waals surface area contributed by atoms with Gasteiger partial charge in [-0.2, -0.15) is 0 Å². The van der Waals surface area contributed by atoms with E-state index in [2.05, 4.69) is 15.6 Å². The monoisotopic (exact) mass is 351 g/mol. The van der Waals surface area contributed by atoms with Gasteiger partial charge in [0, 0.05) is 16.5 Å². The van der Waals surface area contributed by atoms with Gasteiger partial charge in [-0.3, -0.25) is 9.59 Å². The minimum absolute atomic E-state index is 0.104. The number of carbonyl (C=O) groups is 2. The van der Waals surface area contributed by atoms with Crippen molar-refractivity contribution >= 4 is 28.3 Å². The molecule has 25 heavy (non-hydrogen) atoms. The molecule has 3 rings (SSSR count). The van der Waals surface area contributed by atoms with Crippen LogP contribution in [0.1, 0.15) is 15.9 Å². The molecule has 0 aliphatic carbocycles. The molecule has 3 aromatic rings. The molecule has 2 N–H and O–H groups in total. The summed E-state index contributed by atoms with van der Waals surface area (Å²) >= 11 is 1.35. The molecule has 1 heterocycles. The van der Waals surface area contributed by atoms with E-state index < -0.39 is 0 Å². The summed E-state index contributed by atoms with van der Waals surface area (Å²) in [5, 5.41) is 7.73. The number of amides is 2. The largest absolute Gasteiger partial charge is 0.343 e. The van der Waals surface area contributed by atoms with Crippen molar-refractivity contribution in [3.05, 3.63) is 71.1 Å².